The normalized spacial score (nSPS) is 19.5. The Bertz CT molecular complexity index is 1720. The van der Waals surface area contributed by atoms with Crippen molar-refractivity contribution in [3.63, 3.8) is 0 Å². The van der Waals surface area contributed by atoms with Crippen LogP contribution in [0.2, 0.25) is 0 Å². The lowest BCUT2D eigenvalue weighted by Crippen LogP contribution is -2.30. The molecule has 0 atom stereocenters. The zero-order valence-electron chi connectivity index (χ0n) is 23.8. The highest BCUT2D eigenvalue weighted by Gasteiger charge is 2.46. The largest absolute Gasteiger partial charge is 0.358 e. The van der Waals surface area contributed by atoms with Gasteiger partial charge in [-0.3, -0.25) is 9.11 Å². The summed E-state index contributed by atoms with van der Waals surface area (Å²) in [5.74, 6) is 0. The van der Waals surface area contributed by atoms with Crippen molar-refractivity contribution in [3.8, 4) is 0 Å². The number of nitrogens with zero attached hydrogens (tertiary/aromatic N) is 1. The SMILES string of the molecule is CC(C)(C)C[N+]1=C(/C=C/C=C/C=C2\Nc3ccc(S(=O)(=O)O)cc3C2(C)C)C(C)(C)c2cc(S(=O)(=O)O)ccc21. The molecule has 0 aliphatic carbocycles. The van der Waals surface area contributed by atoms with Crippen molar-refractivity contribution in [3.05, 3.63) is 83.6 Å². The Morgan fingerprint density at radius 3 is 1.98 bits per heavy atom. The van der Waals surface area contributed by atoms with Crippen LogP contribution in [0.25, 0.3) is 0 Å². The second kappa shape index (κ2) is 9.80. The first-order chi connectivity index (χ1) is 18.2. The molecule has 0 unspecified atom stereocenters. The number of fused-ring (bicyclic) bond motifs is 2. The third-order valence-electron chi connectivity index (χ3n) is 7.44. The van der Waals surface area contributed by atoms with Gasteiger partial charge in [0.2, 0.25) is 5.69 Å². The molecule has 2 aliphatic heterocycles. The third-order valence-corrected chi connectivity index (χ3v) is 9.14. The Morgan fingerprint density at radius 1 is 0.825 bits per heavy atom. The minimum atomic E-state index is -4.33. The monoisotopic (exact) mass is 585 g/mol. The van der Waals surface area contributed by atoms with Crippen molar-refractivity contribution in [1.29, 1.82) is 0 Å². The van der Waals surface area contributed by atoms with Crippen LogP contribution in [0.1, 0.15) is 59.6 Å². The Labute approximate surface area is 237 Å². The van der Waals surface area contributed by atoms with Crippen LogP contribution in [0.4, 0.5) is 11.4 Å². The molecule has 0 saturated carbocycles. The summed E-state index contributed by atoms with van der Waals surface area (Å²) >= 11 is 0. The fourth-order valence-electron chi connectivity index (χ4n) is 5.33. The Morgan fingerprint density at radius 2 is 1.40 bits per heavy atom. The van der Waals surface area contributed by atoms with Gasteiger partial charge in [0.15, 0.2) is 12.3 Å². The second-order valence-electron chi connectivity index (χ2n) is 12.6. The summed E-state index contributed by atoms with van der Waals surface area (Å²) in [5.41, 5.74) is 4.15. The van der Waals surface area contributed by atoms with Gasteiger partial charge in [-0.1, -0.05) is 52.8 Å². The van der Waals surface area contributed by atoms with Crippen molar-refractivity contribution in [2.45, 2.75) is 69.1 Å². The fourth-order valence-corrected chi connectivity index (χ4v) is 6.34. The summed E-state index contributed by atoms with van der Waals surface area (Å²) in [6, 6.07) is 9.27. The number of rotatable bonds is 6. The van der Waals surface area contributed by atoms with E-state index in [1.165, 1.54) is 18.2 Å². The quantitative estimate of drug-likeness (QED) is 0.216. The molecule has 10 heteroatoms. The predicted octanol–water partition coefficient (Wildman–Crippen LogP) is 6.00. The molecular formula is C30H37N2O6S2+. The Hall–Kier alpha value is -3.05. The van der Waals surface area contributed by atoms with Gasteiger partial charge in [-0.2, -0.15) is 21.4 Å². The first-order valence-corrected chi connectivity index (χ1v) is 15.8. The van der Waals surface area contributed by atoms with Gasteiger partial charge >= 0.3 is 0 Å². The van der Waals surface area contributed by atoms with E-state index in [0.717, 1.165) is 33.9 Å². The predicted molar refractivity (Wildman–Crippen MR) is 158 cm³/mol. The van der Waals surface area contributed by atoms with Gasteiger partial charge < -0.3 is 5.32 Å². The summed E-state index contributed by atoms with van der Waals surface area (Å²) in [4.78, 5) is -0.260. The molecule has 4 rings (SSSR count). The number of anilines is 1. The van der Waals surface area contributed by atoms with Gasteiger partial charge in [0.1, 0.15) is 0 Å². The molecule has 0 radical (unpaired) electrons. The zero-order valence-corrected chi connectivity index (χ0v) is 25.5. The summed E-state index contributed by atoms with van der Waals surface area (Å²) in [7, 11) is -8.63. The van der Waals surface area contributed by atoms with Gasteiger partial charge in [-0.15, -0.1) is 0 Å². The van der Waals surface area contributed by atoms with Gasteiger partial charge in [-0.25, -0.2) is 0 Å². The molecule has 40 heavy (non-hydrogen) atoms. The van der Waals surface area contributed by atoms with E-state index in [4.69, 9.17) is 0 Å². The van der Waals surface area contributed by atoms with Gasteiger partial charge in [0.25, 0.3) is 20.2 Å². The molecular weight excluding hydrogens is 548 g/mol. The van der Waals surface area contributed by atoms with Crippen molar-refractivity contribution in [1.82, 2.24) is 0 Å². The van der Waals surface area contributed by atoms with Crippen LogP contribution in [0, 0.1) is 5.41 Å². The molecule has 2 aliphatic rings. The van der Waals surface area contributed by atoms with E-state index in [1.807, 2.05) is 58.1 Å². The molecule has 8 nitrogen and oxygen atoms in total. The molecule has 2 heterocycles. The van der Waals surface area contributed by atoms with E-state index in [9.17, 15) is 25.9 Å². The molecule has 3 N–H and O–H groups in total. The van der Waals surface area contributed by atoms with Gasteiger partial charge in [0.05, 0.1) is 15.2 Å². The number of hydrogen-bond acceptors (Lipinski definition) is 5. The molecule has 0 aromatic heterocycles. The fraction of sp³-hybridized carbons (Fsp3) is 0.367. The minimum Gasteiger partial charge on any atom is -0.358 e. The molecule has 2 aromatic rings. The average molecular weight is 586 g/mol. The lowest BCUT2D eigenvalue weighted by Gasteiger charge is -2.20. The van der Waals surface area contributed by atoms with Crippen LogP contribution in [0.5, 0.6) is 0 Å². The highest BCUT2D eigenvalue weighted by atomic mass is 32.2. The third kappa shape index (κ3) is 5.72. The average Bonchev–Trinajstić information content (AvgIpc) is 3.18. The molecule has 214 valence electrons. The van der Waals surface area contributed by atoms with E-state index in [-0.39, 0.29) is 15.2 Å². The maximum absolute atomic E-state index is 11.8. The summed E-state index contributed by atoms with van der Waals surface area (Å²) in [6.45, 7) is 15.2. The van der Waals surface area contributed by atoms with Crippen LogP contribution in [0.15, 0.2) is 82.3 Å². The number of hydrogen-bond donors (Lipinski definition) is 3. The van der Waals surface area contributed by atoms with E-state index >= 15 is 0 Å². The first-order valence-electron chi connectivity index (χ1n) is 12.9. The van der Waals surface area contributed by atoms with E-state index in [2.05, 4.69) is 30.7 Å². The van der Waals surface area contributed by atoms with Crippen LogP contribution in [0.3, 0.4) is 0 Å². The second-order valence-corrected chi connectivity index (χ2v) is 15.4. The molecule has 0 fully saturated rings. The molecule has 2 aromatic carbocycles. The molecule has 0 saturated heterocycles. The summed E-state index contributed by atoms with van der Waals surface area (Å²) < 4.78 is 68.2. The zero-order chi connectivity index (χ0) is 29.9. The van der Waals surface area contributed by atoms with Gasteiger partial charge in [-0.05, 0) is 55.8 Å². The van der Waals surface area contributed by atoms with Crippen LogP contribution < -0.4 is 5.32 Å². The van der Waals surface area contributed by atoms with E-state index < -0.39 is 31.1 Å². The summed E-state index contributed by atoms with van der Waals surface area (Å²) in [6.07, 6.45) is 9.69. The van der Waals surface area contributed by atoms with Crippen molar-refractivity contribution in [2.24, 2.45) is 5.41 Å². The first kappa shape index (κ1) is 29.9. The number of allylic oxidation sites excluding steroid dienone is 6. The lowest BCUT2D eigenvalue weighted by molar-refractivity contribution is -0.454. The van der Waals surface area contributed by atoms with Crippen LogP contribution in [-0.2, 0) is 31.1 Å². The smallest absolute Gasteiger partial charge is 0.294 e. The molecule has 0 spiro atoms. The summed E-state index contributed by atoms with van der Waals surface area (Å²) in [5, 5.41) is 3.34. The van der Waals surface area contributed by atoms with Crippen molar-refractivity contribution >= 4 is 37.3 Å². The maximum atomic E-state index is 11.8. The lowest BCUT2D eigenvalue weighted by atomic mass is 9.81. The highest BCUT2D eigenvalue weighted by Crippen LogP contribution is 2.44. The Balaban J connectivity index is 1.65. The topological polar surface area (TPSA) is 124 Å². The van der Waals surface area contributed by atoms with E-state index in [1.54, 1.807) is 18.2 Å². The number of nitrogens with one attached hydrogen (secondary N) is 1. The highest BCUT2D eigenvalue weighted by molar-refractivity contribution is 7.86. The van der Waals surface area contributed by atoms with E-state index in [0.29, 0.717) is 6.54 Å². The van der Waals surface area contributed by atoms with Crippen LogP contribution >= 0.6 is 0 Å². The van der Waals surface area contributed by atoms with Crippen molar-refractivity contribution in [2.75, 3.05) is 11.9 Å². The van der Waals surface area contributed by atoms with Crippen molar-refractivity contribution < 1.29 is 30.5 Å². The molecule has 0 bridgehead atoms. The van der Waals surface area contributed by atoms with Crippen LogP contribution in [-0.4, -0.2) is 42.8 Å². The minimum absolute atomic E-state index is 0.0390. The standard InChI is InChI=1S/C30H36N2O6S2/c1-28(2,3)19-32-25-16-14-21(40(36,37)38)18-23(25)30(6,7)27(32)12-10-8-9-11-26-29(4,5)22-17-20(39(33,34)35)13-15-24(22)31-26/h8-18H,19H2,1-7H3,(H2,33,34,35,36,37,38)/p+1. The maximum Gasteiger partial charge on any atom is 0.294 e. The molecule has 0 amide bonds. The Kier molecular flexibility index (Phi) is 7.33. The number of benzene rings is 2. The van der Waals surface area contributed by atoms with Gasteiger partial charge in [0, 0.05) is 39.9 Å².